The highest BCUT2D eigenvalue weighted by atomic mass is 32.2. The number of hydrogen-bond acceptors (Lipinski definition) is 6. The Balaban J connectivity index is 1.55. The van der Waals surface area contributed by atoms with Crippen molar-refractivity contribution < 1.29 is 14.3 Å². The average molecular weight is 567 g/mol. The van der Waals surface area contributed by atoms with Crippen LogP contribution in [0.4, 0.5) is 11.4 Å². The molecule has 0 saturated carbocycles. The number of benzene rings is 3. The van der Waals surface area contributed by atoms with Gasteiger partial charge in [0.1, 0.15) is 5.75 Å². The smallest absolute Gasteiger partial charge is 0.254 e. The Kier molecular flexibility index (Phi) is 10.2. The summed E-state index contributed by atoms with van der Waals surface area (Å²) in [7, 11) is 1.54. The number of nitriles is 1. The minimum Gasteiger partial charge on any atom is -0.495 e. The fourth-order valence-corrected chi connectivity index (χ4v) is 5.61. The lowest BCUT2D eigenvalue weighted by Gasteiger charge is -2.30. The van der Waals surface area contributed by atoms with E-state index in [1.807, 2.05) is 73.7 Å². The van der Waals surface area contributed by atoms with Gasteiger partial charge in [0, 0.05) is 17.0 Å². The molecule has 210 valence electrons. The number of unbranched alkanes of at least 4 members (excludes halogenated alkanes) is 1. The Labute approximate surface area is 245 Å². The van der Waals surface area contributed by atoms with Gasteiger partial charge in [0.05, 0.1) is 41.1 Å². The summed E-state index contributed by atoms with van der Waals surface area (Å²) in [5.41, 5.74) is 4.73. The van der Waals surface area contributed by atoms with Gasteiger partial charge in [-0.2, -0.15) is 5.26 Å². The molecule has 3 N–H and O–H groups in total. The number of methoxy groups -OCH3 is 1. The first-order valence-electron chi connectivity index (χ1n) is 13.6. The number of allylic oxidation sites excluding steroid dienone is 2. The van der Waals surface area contributed by atoms with Crippen LogP contribution in [0, 0.1) is 11.3 Å². The van der Waals surface area contributed by atoms with E-state index in [1.54, 1.807) is 19.2 Å². The number of dihydropyridines is 1. The fourth-order valence-electron chi connectivity index (χ4n) is 4.71. The van der Waals surface area contributed by atoms with E-state index in [2.05, 4.69) is 28.9 Å². The molecule has 0 bridgehead atoms. The first kappa shape index (κ1) is 29.5. The zero-order valence-corrected chi connectivity index (χ0v) is 24.3. The number of nitrogens with zero attached hydrogens (tertiary/aromatic N) is 1. The second-order valence-corrected chi connectivity index (χ2v) is 10.6. The Morgan fingerprint density at radius 2 is 1.71 bits per heavy atom. The minimum absolute atomic E-state index is 0.0998. The molecular formula is C33H34N4O3S. The fraction of sp³-hybridized carbons (Fsp3) is 0.242. The number of thioether (sulfide) groups is 1. The number of aryl methyl sites for hydroxylation is 1. The molecule has 1 heterocycles. The highest BCUT2D eigenvalue weighted by molar-refractivity contribution is 8.03. The van der Waals surface area contributed by atoms with Crippen molar-refractivity contribution >= 4 is 35.0 Å². The van der Waals surface area contributed by atoms with E-state index >= 15 is 0 Å². The van der Waals surface area contributed by atoms with Gasteiger partial charge < -0.3 is 20.7 Å². The van der Waals surface area contributed by atoms with Crippen LogP contribution in [-0.2, 0) is 16.0 Å². The molecule has 3 aromatic rings. The normalized spacial score (nSPS) is 14.6. The number of rotatable bonds is 11. The van der Waals surface area contributed by atoms with Gasteiger partial charge in [0.15, 0.2) is 0 Å². The van der Waals surface area contributed by atoms with Crippen molar-refractivity contribution in [3.05, 3.63) is 112 Å². The third-order valence-electron chi connectivity index (χ3n) is 6.78. The summed E-state index contributed by atoms with van der Waals surface area (Å²) in [5, 5.41) is 20.0. The van der Waals surface area contributed by atoms with Crippen LogP contribution in [0.2, 0.25) is 0 Å². The monoisotopic (exact) mass is 566 g/mol. The molecule has 3 aromatic carbocycles. The lowest BCUT2D eigenvalue weighted by Crippen LogP contribution is -2.31. The minimum atomic E-state index is -0.613. The maximum absolute atomic E-state index is 13.7. The van der Waals surface area contributed by atoms with E-state index in [-0.39, 0.29) is 17.6 Å². The number of ether oxygens (including phenoxy) is 1. The van der Waals surface area contributed by atoms with Gasteiger partial charge in [0.2, 0.25) is 5.91 Å². The molecular weight excluding hydrogens is 532 g/mol. The van der Waals surface area contributed by atoms with Crippen molar-refractivity contribution in [1.82, 2.24) is 5.32 Å². The Morgan fingerprint density at radius 1 is 1.00 bits per heavy atom. The van der Waals surface area contributed by atoms with Gasteiger partial charge in [-0.1, -0.05) is 79.7 Å². The number of amides is 2. The van der Waals surface area contributed by atoms with Crippen molar-refractivity contribution in [2.45, 2.75) is 39.0 Å². The highest BCUT2D eigenvalue weighted by Crippen LogP contribution is 2.41. The van der Waals surface area contributed by atoms with Crippen LogP contribution in [-0.4, -0.2) is 24.7 Å². The number of hydrogen-bond donors (Lipinski definition) is 3. The first-order valence-corrected chi connectivity index (χ1v) is 14.6. The topological polar surface area (TPSA) is 103 Å². The van der Waals surface area contributed by atoms with E-state index in [9.17, 15) is 14.9 Å². The van der Waals surface area contributed by atoms with Crippen molar-refractivity contribution in [3.8, 4) is 11.8 Å². The summed E-state index contributed by atoms with van der Waals surface area (Å²) in [4.78, 5) is 26.5. The Bertz CT molecular complexity index is 1490. The van der Waals surface area contributed by atoms with E-state index < -0.39 is 5.92 Å². The second kappa shape index (κ2) is 14.2. The number of nitrogens with one attached hydrogen (secondary N) is 3. The average Bonchev–Trinajstić information content (AvgIpc) is 2.99. The predicted molar refractivity (Wildman–Crippen MR) is 165 cm³/mol. The van der Waals surface area contributed by atoms with Crippen LogP contribution in [0.5, 0.6) is 5.75 Å². The molecule has 0 spiro atoms. The van der Waals surface area contributed by atoms with E-state index in [4.69, 9.17) is 4.74 Å². The molecule has 1 atom stereocenters. The third-order valence-corrected chi connectivity index (χ3v) is 7.80. The molecule has 0 unspecified atom stereocenters. The van der Waals surface area contributed by atoms with Gasteiger partial charge in [-0.15, -0.1) is 0 Å². The molecule has 0 radical (unpaired) electrons. The van der Waals surface area contributed by atoms with E-state index in [0.717, 1.165) is 30.5 Å². The summed E-state index contributed by atoms with van der Waals surface area (Å²) >= 11 is 1.25. The van der Waals surface area contributed by atoms with Crippen molar-refractivity contribution in [1.29, 1.82) is 5.26 Å². The molecule has 41 heavy (non-hydrogen) atoms. The first-order chi connectivity index (χ1) is 19.9. The number of carbonyl (C=O) groups excluding carboxylic acids is 2. The summed E-state index contributed by atoms with van der Waals surface area (Å²) in [6.45, 7) is 3.97. The maximum atomic E-state index is 13.7. The standard InChI is InChI=1S/C33H34N4O3S/c1-4-5-11-23-16-18-25(19-17-23)36-29(38)21-41-33-26(20-34)31(24-12-7-6-8-13-24)30(22(2)35-33)32(39)37-27-14-9-10-15-28(27)40-3/h6-10,12-19,31,35H,4-5,11,21H2,1-3H3,(H,36,38)(H,37,39)/t31-/m0/s1. The van der Waals surface area contributed by atoms with Crippen LogP contribution >= 0.6 is 11.8 Å². The quantitative estimate of drug-likeness (QED) is 0.237. The Hall–Kier alpha value is -4.48. The van der Waals surface area contributed by atoms with Crippen molar-refractivity contribution in [2.24, 2.45) is 0 Å². The third kappa shape index (κ3) is 7.38. The SMILES string of the molecule is CCCCc1ccc(NC(=O)CSC2=C(C#N)[C@H](c3ccccc3)C(C(=O)Nc3ccccc3OC)=C(C)N2)cc1. The zero-order chi connectivity index (χ0) is 29.2. The summed E-state index contributed by atoms with van der Waals surface area (Å²) in [6.07, 6.45) is 3.29. The van der Waals surface area contributed by atoms with Gasteiger partial charge in [0.25, 0.3) is 5.91 Å². The maximum Gasteiger partial charge on any atom is 0.254 e. The van der Waals surface area contributed by atoms with Crippen molar-refractivity contribution in [3.63, 3.8) is 0 Å². The Morgan fingerprint density at radius 3 is 2.39 bits per heavy atom. The van der Waals surface area contributed by atoms with Crippen LogP contribution in [0.15, 0.2) is 101 Å². The number of para-hydroxylation sites is 2. The molecule has 0 saturated heterocycles. The molecule has 4 rings (SSSR count). The molecule has 1 aliphatic heterocycles. The molecule has 7 nitrogen and oxygen atoms in total. The van der Waals surface area contributed by atoms with Crippen LogP contribution in [0.25, 0.3) is 0 Å². The number of carbonyl (C=O) groups is 2. The van der Waals surface area contributed by atoms with Crippen LogP contribution < -0.4 is 20.7 Å². The van der Waals surface area contributed by atoms with Gasteiger partial charge in [-0.3, -0.25) is 9.59 Å². The van der Waals surface area contributed by atoms with E-state index in [1.165, 1.54) is 17.3 Å². The highest BCUT2D eigenvalue weighted by Gasteiger charge is 2.35. The molecule has 8 heteroatoms. The molecule has 0 aliphatic carbocycles. The lowest BCUT2D eigenvalue weighted by molar-refractivity contribution is -0.114. The van der Waals surface area contributed by atoms with Crippen LogP contribution in [0.3, 0.4) is 0 Å². The second-order valence-electron chi connectivity index (χ2n) is 9.65. The van der Waals surface area contributed by atoms with Gasteiger partial charge in [-0.05, 0) is 55.2 Å². The lowest BCUT2D eigenvalue weighted by atomic mass is 9.82. The van der Waals surface area contributed by atoms with Crippen molar-refractivity contribution in [2.75, 3.05) is 23.5 Å². The summed E-state index contributed by atoms with van der Waals surface area (Å²) in [5.74, 6) is -0.500. The predicted octanol–water partition coefficient (Wildman–Crippen LogP) is 6.74. The van der Waals surface area contributed by atoms with Crippen LogP contribution in [0.1, 0.15) is 43.7 Å². The van der Waals surface area contributed by atoms with E-state index in [0.29, 0.717) is 33.3 Å². The molecule has 0 aromatic heterocycles. The largest absolute Gasteiger partial charge is 0.495 e. The van der Waals surface area contributed by atoms with Gasteiger partial charge >= 0.3 is 0 Å². The van der Waals surface area contributed by atoms with Gasteiger partial charge in [-0.25, -0.2) is 0 Å². The summed E-state index contributed by atoms with van der Waals surface area (Å²) < 4.78 is 5.40. The molecule has 0 fully saturated rings. The summed E-state index contributed by atoms with van der Waals surface area (Å²) in [6, 6.07) is 26.8. The number of anilines is 2. The molecule has 1 aliphatic rings. The molecule has 2 amide bonds. The zero-order valence-electron chi connectivity index (χ0n) is 23.5.